The molecule has 0 heterocycles. The molecule has 0 saturated heterocycles. The average molecular weight is 245 g/mol. The van der Waals surface area contributed by atoms with E-state index < -0.39 is 12.1 Å². The van der Waals surface area contributed by atoms with E-state index in [1.807, 2.05) is 13.8 Å². The second kappa shape index (κ2) is 7.24. The van der Waals surface area contributed by atoms with E-state index in [4.69, 9.17) is 5.11 Å². The number of carbonyl (C=O) groups is 2. The lowest BCUT2D eigenvalue weighted by Gasteiger charge is -2.24. The number of urea groups is 1. The summed E-state index contributed by atoms with van der Waals surface area (Å²) < 4.78 is 0. The first-order chi connectivity index (χ1) is 7.82. The van der Waals surface area contributed by atoms with E-state index in [-0.39, 0.29) is 17.9 Å². The maximum absolute atomic E-state index is 11.5. The summed E-state index contributed by atoms with van der Waals surface area (Å²) in [5.41, 5.74) is -0.291. The molecule has 0 bridgehead atoms. The Morgan fingerprint density at radius 2 is 1.94 bits per heavy atom. The number of imide groups is 1. The first kappa shape index (κ1) is 15.9. The maximum atomic E-state index is 11.5. The Labute approximate surface area is 102 Å². The molecule has 3 amide bonds. The summed E-state index contributed by atoms with van der Waals surface area (Å²) in [7, 11) is 0. The van der Waals surface area contributed by atoms with Crippen LogP contribution in [-0.4, -0.2) is 42.8 Å². The van der Waals surface area contributed by atoms with Crippen LogP contribution < -0.4 is 16.0 Å². The molecule has 1 atom stereocenters. The van der Waals surface area contributed by atoms with Crippen LogP contribution in [0.1, 0.15) is 27.7 Å². The van der Waals surface area contributed by atoms with Crippen LogP contribution in [-0.2, 0) is 4.79 Å². The van der Waals surface area contributed by atoms with Crippen molar-refractivity contribution in [3.8, 4) is 0 Å². The highest BCUT2D eigenvalue weighted by Gasteiger charge is 2.20. The third kappa shape index (κ3) is 6.91. The van der Waals surface area contributed by atoms with Gasteiger partial charge in [-0.2, -0.15) is 0 Å². The predicted octanol–water partition coefficient (Wildman–Crippen LogP) is -0.171. The number of hydrogen-bond donors (Lipinski definition) is 4. The number of hydrogen-bond acceptors (Lipinski definition) is 4. The maximum Gasteiger partial charge on any atom is 0.321 e. The molecule has 0 fully saturated rings. The summed E-state index contributed by atoms with van der Waals surface area (Å²) in [4.78, 5) is 22.6. The second-order valence-electron chi connectivity index (χ2n) is 4.77. The van der Waals surface area contributed by atoms with E-state index in [0.29, 0.717) is 13.1 Å². The quantitative estimate of drug-likeness (QED) is 0.523. The Kier molecular flexibility index (Phi) is 6.75. The molecule has 0 aliphatic rings. The van der Waals surface area contributed by atoms with Crippen LogP contribution in [0.5, 0.6) is 0 Å². The molecule has 0 rings (SSSR count). The van der Waals surface area contributed by atoms with Gasteiger partial charge in [0.1, 0.15) is 0 Å². The summed E-state index contributed by atoms with van der Waals surface area (Å²) in [6, 6.07) is -0.976. The molecule has 17 heavy (non-hydrogen) atoms. The van der Waals surface area contributed by atoms with Gasteiger partial charge in [0.2, 0.25) is 5.91 Å². The average Bonchev–Trinajstić information content (AvgIpc) is 2.26. The van der Waals surface area contributed by atoms with Crippen molar-refractivity contribution >= 4 is 11.9 Å². The summed E-state index contributed by atoms with van der Waals surface area (Å²) in [5, 5.41) is 16.7. The first-order valence-electron chi connectivity index (χ1n) is 5.75. The van der Waals surface area contributed by atoms with E-state index >= 15 is 0 Å². The number of aliphatic hydroxyl groups excluding tert-OH is 1. The second-order valence-corrected chi connectivity index (χ2v) is 4.77. The molecule has 0 aromatic carbocycles. The summed E-state index contributed by atoms with van der Waals surface area (Å²) in [5.74, 6) is -0.385. The minimum atomic E-state index is -0.493. The highest BCUT2D eigenvalue weighted by molar-refractivity contribution is 5.96. The summed E-state index contributed by atoms with van der Waals surface area (Å²) in [6.45, 7) is 8.21. The van der Waals surface area contributed by atoms with Gasteiger partial charge in [-0.15, -0.1) is 0 Å². The van der Waals surface area contributed by atoms with Gasteiger partial charge in [-0.3, -0.25) is 10.1 Å². The van der Waals surface area contributed by atoms with Gasteiger partial charge in [-0.05, 0) is 13.8 Å². The molecule has 1 unspecified atom stereocenters. The SMILES string of the molecule is CCNC(=O)NC(=O)C(C)NCC(C)(C)CO. The summed E-state index contributed by atoms with van der Waals surface area (Å²) in [6.07, 6.45) is 0. The third-order valence-corrected chi connectivity index (χ3v) is 2.28. The molecule has 0 saturated carbocycles. The number of carbonyl (C=O) groups excluding carboxylic acids is 2. The van der Waals surface area contributed by atoms with Crippen LogP contribution >= 0.6 is 0 Å². The summed E-state index contributed by atoms with van der Waals surface area (Å²) >= 11 is 0. The topological polar surface area (TPSA) is 90.5 Å². The van der Waals surface area contributed by atoms with Crippen molar-refractivity contribution in [2.45, 2.75) is 33.7 Å². The fourth-order valence-corrected chi connectivity index (χ4v) is 1.00. The molecule has 6 nitrogen and oxygen atoms in total. The molecule has 0 radical (unpaired) electrons. The number of nitrogens with one attached hydrogen (secondary N) is 3. The molecule has 100 valence electrons. The Balaban J connectivity index is 4.02. The van der Waals surface area contributed by atoms with Crippen molar-refractivity contribution in [1.82, 2.24) is 16.0 Å². The molecule has 0 aromatic rings. The molecule has 0 aromatic heterocycles. The minimum absolute atomic E-state index is 0.0324. The van der Waals surface area contributed by atoms with E-state index in [1.165, 1.54) is 0 Å². The normalized spacial score (nSPS) is 13.0. The van der Waals surface area contributed by atoms with Crippen molar-refractivity contribution in [1.29, 1.82) is 0 Å². The van der Waals surface area contributed by atoms with Gasteiger partial charge in [0.25, 0.3) is 0 Å². The van der Waals surface area contributed by atoms with Gasteiger partial charge >= 0.3 is 6.03 Å². The fourth-order valence-electron chi connectivity index (χ4n) is 1.00. The van der Waals surface area contributed by atoms with Crippen molar-refractivity contribution in [3.05, 3.63) is 0 Å². The van der Waals surface area contributed by atoms with Gasteiger partial charge in [0.15, 0.2) is 0 Å². The zero-order chi connectivity index (χ0) is 13.5. The molecule has 0 aliphatic heterocycles. The zero-order valence-electron chi connectivity index (χ0n) is 11.0. The lowest BCUT2D eigenvalue weighted by molar-refractivity contribution is -0.121. The molecule has 0 aliphatic carbocycles. The standard InChI is InChI=1S/C11H23N3O3/c1-5-12-10(17)14-9(16)8(2)13-6-11(3,4)7-15/h8,13,15H,5-7H2,1-4H3,(H2,12,14,16,17). The number of aliphatic hydroxyl groups is 1. The highest BCUT2D eigenvalue weighted by Crippen LogP contribution is 2.11. The van der Waals surface area contributed by atoms with Crippen LogP contribution in [0.4, 0.5) is 4.79 Å². The van der Waals surface area contributed by atoms with Gasteiger partial charge in [0, 0.05) is 25.1 Å². The lowest BCUT2D eigenvalue weighted by atomic mass is 9.94. The van der Waals surface area contributed by atoms with Crippen LogP contribution in [0.3, 0.4) is 0 Å². The molecular weight excluding hydrogens is 222 g/mol. The Morgan fingerprint density at radius 1 is 1.35 bits per heavy atom. The van der Waals surface area contributed by atoms with Crippen molar-refractivity contribution < 1.29 is 14.7 Å². The Hall–Kier alpha value is -1.14. The Bertz CT molecular complexity index is 267. The molecular formula is C11H23N3O3. The van der Waals surface area contributed by atoms with Crippen LogP contribution in [0.15, 0.2) is 0 Å². The van der Waals surface area contributed by atoms with Gasteiger partial charge in [-0.25, -0.2) is 4.79 Å². The minimum Gasteiger partial charge on any atom is -0.396 e. The molecule has 6 heteroatoms. The van der Waals surface area contributed by atoms with Crippen LogP contribution in [0, 0.1) is 5.41 Å². The molecule has 4 N–H and O–H groups in total. The van der Waals surface area contributed by atoms with Gasteiger partial charge in [0.05, 0.1) is 6.04 Å². The Morgan fingerprint density at radius 3 is 2.41 bits per heavy atom. The van der Waals surface area contributed by atoms with Crippen LogP contribution in [0.25, 0.3) is 0 Å². The zero-order valence-corrected chi connectivity index (χ0v) is 11.0. The van der Waals surface area contributed by atoms with E-state index in [9.17, 15) is 9.59 Å². The van der Waals surface area contributed by atoms with E-state index in [0.717, 1.165) is 0 Å². The van der Waals surface area contributed by atoms with Gasteiger partial charge in [-0.1, -0.05) is 13.8 Å². The number of rotatable bonds is 6. The molecule has 0 spiro atoms. The van der Waals surface area contributed by atoms with E-state index in [1.54, 1.807) is 13.8 Å². The lowest BCUT2D eigenvalue weighted by Crippen LogP contribution is -2.50. The first-order valence-corrected chi connectivity index (χ1v) is 5.75. The smallest absolute Gasteiger partial charge is 0.321 e. The van der Waals surface area contributed by atoms with Crippen molar-refractivity contribution in [3.63, 3.8) is 0 Å². The van der Waals surface area contributed by atoms with E-state index in [2.05, 4.69) is 16.0 Å². The third-order valence-electron chi connectivity index (χ3n) is 2.28. The monoisotopic (exact) mass is 245 g/mol. The van der Waals surface area contributed by atoms with Crippen LogP contribution in [0.2, 0.25) is 0 Å². The highest BCUT2D eigenvalue weighted by atomic mass is 16.3. The predicted molar refractivity (Wildman–Crippen MR) is 65.5 cm³/mol. The number of amides is 3. The van der Waals surface area contributed by atoms with Crippen molar-refractivity contribution in [2.75, 3.05) is 19.7 Å². The fraction of sp³-hybridized carbons (Fsp3) is 0.818. The van der Waals surface area contributed by atoms with Crippen molar-refractivity contribution in [2.24, 2.45) is 5.41 Å². The largest absolute Gasteiger partial charge is 0.396 e. The van der Waals surface area contributed by atoms with Gasteiger partial charge < -0.3 is 15.7 Å².